The van der Waals surface area contributed by atoms with E-state index in [1.165, 1.54) is 42.8 Å². The number of aromatic nitrogens is 2. The van der Waals surface area contributed by atoms with Gasteiger partial charge in [-0.05, 0) is 67.9 Å². The number of amides is 1. The van der Waals surface area contributed by atoms with Gasteiger partial charge in [-0.2, -0.15) is 0 Å². The Labute approximate surface area is 189 Å². The molecule has 1 N–H and O–H groups in total. The zero-order valence-corrected chi connectivity index (χ0v) is 18.9. The highest BCUT2D eigenvalue weighted by atomic mass is 32.2. The molecule has 6 nitrogen and oxygen atoms in total. The van der Waals surface area contributed by atoms with Gasteiger partial charge in [0, 0.05) is 49.1 Å². The van der Waals surface area contributed by atoms with Gasteiger partial charge in [-0.25, -0.2) is 4.98 Å². The summed E-state index contributed by atoms with van der Waals surface area (Å²) in [5, 5.41) is 2.91. The summed E-state index contributed by atoms with van der Waals surface area (Å²) in [6, 6.07) is 8.05. The highest BCUT2D eigenvalue weighted by Gasteiger charge is 2.10. The predicted molar refractivity (Wildman–Crippen MR) is 125 cm³/mol. The normalized spacial score (nSPS) is 14.6. The first-order valence-corrected chi connectivity index (χ1v) is 12.0. The Hall–Kier alpha value is -2.38. The van der Waals surface area contributed by atoms with Gasteiger partial charge in [-0.1, -0.05) is 12.5 Å². The SMILES string of the molecule is O=C(CCCSc1ccncc1)NC/C=C\COc1cc(CN2CCCCC2)ccn1. The zero-order valence-electron chi connectivity index (χ0n) is 18.0. The van der Waals surface area contributed by atoms with Crippen molar-refractivity contribution in [2.45, 2.75) is 43.5 Å². The third kappa shape index (κ3) is 9.53. The average molecular weight is 441 g/mol. The molecule has 0 spiro atoms. The van der Waals surface area contributed by atoms with Crippen LogP contribution in [0.15, 0.2) is 59.9 Å². The minimum absolute atomic E-state index is 0.0768. The Balaban J connectivity index is 1.24. The van der Waals surface area contributed by atoms with Crippen molar-refractivity contribution >= 4 is 17.7 Å². The van der Waals surface area contributed by atoms with E-state index < -0.39 is 0 Å². The number of likely N-dealkylation sites (tertiary alicyclic amines) is 1. The second-order valence-corrected chi connectivity index (χ2v) is 8.73. The van der Waals surface area contributed by atoms with Crippen molar-refractivity contribution in [1.82, 2.24) is 20.2 Å². The Morgan fingerprint density at radius 3 is 2.81 bits per heavy atom. The first kappa shape index (κ1) is 23.3. The molecular formula is C24H32N4O2S. The quantitative estimate of drug-likeness (QED) is 0.305. The minimum Gasteiger partial charge on any atom is -0.473 e. The molecule has 0 aromatic carbocycles. The van der Waals surface area contributed by atoms with Gasteiger partial charge in [0.1, 0.15) is 6.61 Å². The fourth-order valence-corrected chi connectivity index (χ4v) is 4.25. The smallest absolute Gasteiger partial charge is 0.220 e. The van der Waals surface area contributed by atoms with Crippen LogP contribution in [0, 0.1) is 0 Å². The van der Waals surface area contributed by atoms with Crippen LogP contribution < -0.4 is 10.1 Å². The second kappa shape index (κ2) is 13.8. The molecule has 2 aromatic rings. The van der Waals surface area contributed by atoms with Crippen molar-refractivity contribution in [3.63, 3.8) is 0 Å². The number of carbonyl (C=O) groups excluding carboxylic acids is 1. The molecule has 1 saturated heterocycles. The minimum atomic E-state index is 0.0768. The van der Waals surface area contributed by atoms with Crippen LogP contribution in [0.2, 0.25) is 0 Å². The van der Waals surface area contributed by atoms with Crippen LogP contribution in [0.3, 0.4) is 0 Å². The predicted octanol–water partition coefficient (Wildman–Crippen LogP) is 4.09. The summed E-state index contributed by atoms with van der Waals surface area (Å²) in [6.45, 7) is 4.27. The topological polar surface area (TPSA) is 67.3 Å². The molecule has 3 rings (SSSR count). The fraction of sp³-hybridized carbons (Fsp3) is 0.458. The lowest BCUT2D eigenvalue weighted by molar-refractivity contribution is -0.120. The van der Waals surface area contributed by atoms with E-state index in [0.717, 1.165) is 18.7 Å². The molecule has 0 unspecified atom stereocenters. The lowest BCUT2D eigenvalue weighted by Gasteiger charge is -2.26. The van der Waals surface area contributed by atoms with Crippen molar-refractivity contribution in [2.75, 3.05) is 32.0 Å². The lowest BCUT2D eigenvalue weighted by Crippen LogP contribution is -2.29. The van der Waals surface area contributed by atoms with Crippen LogP contribution in [0.25, 0.3) is 0 Å². The summed E-state index contributed by atoms with van der Waals surface area (Å²) < 4.78 is 5.73. The molecular weight excluding hydrogens is 408 g/mol. The van der Waals surface area contributed by atoms with E-state index in [0.29, 0.717) is 25.5 Å². The molecule has 3 heterocycles. The first-order chi connectivity index (χ1) is 15.3. The molecule has 1 fully saturated rings. The van der Waals surface area contributed by atoms with E-state index in [-0.39, 0.29) is 5.91 Å². The number of thioether (sulfide) groups is 1. The Morgan fingerprint density at radius 1 is 1.13 bits per heavy atom. The molecule has 0 atom stereocenters. The van der Waals surface area contributed by atoms with Crippen molar-refractivity contribution in [3.05, 3.63) is 60.6 Å². The van der Waals surface area contributed by atoms with E-state index in [1.54, 1.807) is 24.2 Å². The molecule has 1 aliphatic rings. The van der Waals surface area contributed by atoms with Crippen molar-refractivity contribution in [3.8, 4) is 5.88 Å². The van der Waals surface area contributed by atoms with Gasteiger partial charge >= 0.3 is 0 Å². The molecule has 31 heavy (non-hydrogen) atoms. The summed E-state index contributed by atoms with van der Waals surface area (Å²) in [5.74, 6) is 1.65. The van der Waals surface area contributed by atoms with Crippen molar-refractivity contribution < 1.29 is 9.53 Å². The maximum Gasteiger partial charge on any atom is 0.220 e. The Morgan fingerprint density at radius 2 is 1.97 bits per heavy atom. The number of pyridine rings is 2. The number of nitrogens with zero attached hydrogens (tertiary/aromatic N) is 3. The Kier molecular flexibility index (Phi) is 10.4. The molecule has 2 aromatic heterocycles. The van der Waals surface area contributed by atoms with E-state index in [2.05, 4.69) is 26.3 Å². The van der Waals surface area contributed by atoms with Crippen LogP contribution in [0.1, 0.15) is 37.7 Å². The number of hydrogen-bond donors (Lipinski definition) is 1. The van der Waals surface area contributed by atoms with Gasteiger partial charge in [0.15, 0.2) is 0 Å². The highest BCUT2D eigenvalue weighted by Crippen LogP contribution is 2.18. The fourth-order valence-electron chi connectivity index (χ4n) is 3.41. The van der Waals surface area contributed by atoms with Crippen molar-refractivity contribution in [2.24, 2.45) is 0 Å². The summed E-state index contributed by atoms with van der Waals surface area (Å²) >= 11 is 1.75. The molecule has 0 radical (unpaired) electrons. The number of piperidine rings is 1. The van der Waals surface area contributed by atoms with Crippen LogP contribution in [0.4, 0.5) is 0 Å². The largest absolute Gasteiger partial charge is 0.473 e. The van der Waals surface area contributed by atoms with Gasteiger partial charge < -0.3 is 10.1 Å². The van der Waals surface area contributed by atoms with Crippen LogP contribution in [0.5, 0.6) is 5.88 Å². The summed E-state index contributed by atoms with van der Waals surface area (Å²) in [6.07, 6.45) is 14.5. The second-order valence-electron chi connectivity index (χ2n) is 7.56. The monoisotopic (exact) mass is 440 g/mol. The molecule has 1 amide bonds. The number of ether oxygens (including phenoxy) is 1. The lowest BCUT2D eigenvalue weighted by atomic mass is 10.1. The van der Waals surface area contributed by atoms with Crippen LogP contribution in [-0.4, -0.2) is 52.8 Å². The van der Waals surface area contributed by atoms with Gasteiger partial charge in [0.2, 0.25) is 11.8 Å². The highest BCUT2D eigenvalue weighted by molar-refractivity contribution is 7.99. The zero-order chi connectivity index (χ0) is 21.6. The number of hydrogen-bond acceptors (Lipinski definition) is 6. The van der Waals surface area contributed by atoms with Gasteiger partial charge in [-0.15, -0.1) is 11.8 Å². The molecule has 166 valence electrons. The molecule has 1 aliphatic heterocycles. The summed E-state index contributed by atoms with van der Waals surface area (Å²) in [5.41, 5.74) is 1.24. The molecule has 0 bridgehead atoms. The maximum absolute atomic E-state index is 11.9. The van der Waals surface area contributed by atoms with Gasteiger partial charge in [0.05, 0.1) is 0 Å². The number of nitrogens with one attached hydrogen (secondary N) is 1. The standard InChI is InChI=1S/C24H32N4O2S/c29-23(7-6-18-31-22-9-12-25-13-10-22)26-11-2-5-17-30-24-19-21(8-14-27-24)20-28-15-3-1-4-16-28/h2,5,8-10,12-14,19H,1,3-4,6-7,11,15-18,20H2,(H,26,29)/b5-2-. The van der Waals surface area contributed by atoms with E-state index in [1.807, 2.05) is 36.5 Å². The third-order valence-electron chi connectivity index (χ3n) is 5.03. The van der Waals surface area contributed by atoms with E-state index >= 15 is 0 Å². The van der Waals surface area contributed by atoms with Gasteiger partial charge in [0.25, 0.3) is 0 Å². The molecule has 0 saturated carbocycles. The third-order valence-corrected chi connectivity index (χ3v) is 6.13. The molecule has 7 heteroatoms. The average Bonchev–Trinajstić information content (AvgIpc) is 2.81. The molecule has 0 aliphatic carbocycles. The van der Waals surface area contributed by atoms with Crippen molar-refractivity contribution in [1.29, 1.82) is 0 Å². The first-order valence-electron chi connectivity index (χ1n) is 11.0. The van der Waals surface area contributed by atoms with E-state index in [9.17, 15) is 4.79 Å². The van der Waals surface area contributed by atoms with Crippen LogP contribution in [-0.2, 0) is 11.3 Å². The van der Waals surface area contributed by atoms with Crippen LogP contribution >= 0.6 is 11.8 Å². The number of rotatable bonds is 12. The summed E-state index contributed by atoms with van der Waals surface area (Å²) in [4.78, 5) is 23.9. The van der Waals surface area contributed by atoms with Gasteiger partial charge in [-0.3, -0.25) is 14.7 Å². The Bertz CT molecular complexity index is 810. The van der Waals surface area contributed by atoms with E-state index in [4.69, 9.17) is 4.74 Å². The number of carbonyl (C=O) groups is 1. The summed E-state index contributed by atoms with van der Waals surface area (Å²) in [7, 11) is 0. The maximum atomic E-state index is 11.9.